The van der Waals surface area contributed by atoms with Gasteiger partial charge in [-0.3, -0.25) is 9.59 Å². The van der Waals surface area contributed by atoms with Crippen molar-refractivity contribution in [3.05, 3.63) is 35.4 Å². The Bertz CT molecular complexity index is 431. The zero-order chi connectivity index (χ0) is 14.3. The lowest BCUT2D eigenvalue weighted by molar-refractivity contribution is -0.119. The van der Waals surface area contributed by atoms with Gasteiger partial charge in [0.25, 0.3) is 5.91 Å². The highest BCUT2D eigenvalue weighted by Gasteiger charge is 2.08. The minimum atomic E-state index is -0.701. The molecule has 1 rings (SSSR count). The molecule has 0 fully saturated rings. The topological polar surface area (TPSA) is 110 Å². The van der Waals surface area contributed by atoms with Crippen molar-refractivity contribution >= 4 is 11.8 Å². The monoisotopic (exact) mass is 264 g/mol. The first-order chi connectivity index (χ1) is 9.00. The molecule has 0 bridgehead atoms. The number of amides is 2. The number of primary amides is 1. The quantitative estimate of drug-likeness (QED) is 0.480. The van der Waals surface area contributed by atoms with Crippen LogP contribution in [0.1, 0.15) is 15.9 Å². The van der Waals surface area contributed by atoms with Gasteiger partial charge in [-0.2, -0.15) is 0 Å². The number of carbonyl (C=O) groups is 2. The second-order valence-electron chi connectivity index (χ2n) is 4.33. The number of hydrogen-bond donors (Lipinski definition) is 4. The van der Waals surface area contributed by atoms with Crippen molar-refractivity contribution in [1.82, 2.24) is 10.6 Å². The number of hydrogen-bond acceptors (Lipinski definition) is 4. The van der Waals surface area contributed by atoms with Gasteiger partial charge >= 0.3 is 0 Å². The van der Waals surface area contributed by atoms with E-state index >= 15 is 0 Å². The van der Waals surface area contributed by atoms with Crippen LogP contribution in [0, 0.1) is 6.92 Å². The first-order valence-electron chi connectivity index (χ1n) is 6.11. The number of rotatable bonds is 7. The Morgan fingerprint density at radius 3 is 2.42 bits per heavy atom. The number of nitrogens with two attached hydrogens (primary N) is 2. The summed E-state index contributed by atoms with van der Waals surface area (Å²) in [6, 6.07) is 6.63. The van der Waals surface area contributed by atoms with Gasteiger partial charge < -0.3 is 22.1 Å². The summed E-state index contributed by atoms with van der Waals surface area (Å²) < 4.78 is 0. The fraction of sp³-hybridized carbons (Fsp3) is 0.385. The van der Waals surface area contributed by atoms with Gasteiger partial charge in [0.1, 0.15) is 0 Å². The Balaban J connectivity index is 2.21. The number of carbonyl (C=O) groups excluding carboxylic acids is 2. The van der Waals surface area contributed by atoms with Crippen LogP contribution in [-0.2, 0) is 4.79 Å². The predicted molar refractivity (Wildman–Crippen MR) is 73.6 cm³/mol. The van der Waals surface area contributed by atoms with Gasteiger partial charge in [-0.25, -0.2) is 0 Å². The van der Waals surface area contributed by atoms with Crippen LogP contribution in [0.5, 0.6) is 0 Å². The largest absolute Gasteiger partial charge is 0.368 e. The van der Waals surface area contributed by atoms with Crippen LogP contribution < -0.4 is 22.1 Å². The Morgan fingerprint density at radius 2 is 1.84 bits per heavy atom. The van der Waals surface area contributed by atoms with E-state index in [0.29, 0.717) is 25.2 Å². The van der Waals surface area contributed by atoms with Crippen LogP contribution in [0.25, 0.3) is 0 Å². The lowest BCUT2D eigenvalue weighted by Crippen LogP contribution is -2.45. The molecule has 0 saturated heterocycles. The van der Waals surface area contributed by atoms with Gasteiger partial charge in [0.15, 0.2) is 0 Å². The van der Waals surface area contributed by atoms with Crippen molar-refractivity contribution in [2.75, 3.05) is 19.6 Å². The Labute approximate surface area is 112 Å². The number of aryl methyl sites for hydroxylation is 1. The van der Waals surface area contributed by atoms with Crippen LogP contribution in [0.15, 0.2) is 24.3 Å². The third kappa shape index (κ3) is 5.50. The molecule has 1 unspecified atom stereocenters. The molecule has 0 aliphatic carbocycles. The second kappa shape index (κ2) is 7.50. The molecule has 1 aromatic rings. The lowest BCUT2D eigenvalue weighted by Gasteiger charge is -2.10. The molecular formula is C13H20N4O2. The van der Waals surface area contributed by atoms with Crippen molar-refractivity contribution in [3.8, 4) is 0 Å². The standard InChI is InChI=1S/C13H20N4O2/c1-9-2-4-10(5-3-9)13(19)17-7-6-16-8-11(14)12(15)18/h2-5,11,16H,6-8,14H2,1H3,(H2,15,18)(H,17,19). The minimum absolute atomic E-state index is 0.124. The Hall–Kier alpha value is -1.92. The van der Waals surface area contributed by atoms with Gasteiger partial charge in [-0.05, 0) is 19.1 Å². The number of nitrogens with one attached hydrogen (secondary N) is 2. The smallest absolute Gasteiger partial charge is 0.251 e. The molecule has 0 aromatic heterocycles. The van der Waals surface area contributed by atoms with Crippen molar-refractivity contribution < 1.29 is 9.59 Å². The molecule has 1 aromatic carbocycles. The van der Waals surface area contributed by atoms with E-state index in [0.717, 1.165) is 5.56 Å². The summed E-state index contributed by atoms with van der Waals surface area (Å²) in [6.07, 6.45) is 0. The first kappa shape index (κ1) is 15.1. The Kier molecular flexibility index (Phi) is 5.98. The fourth-order valence-corrected chi connectivity index (χ4v) is 1.43. The van der Waals surface area contributed by atoms with E-state index in [2.05, 4.69) is 10.6 Å². The molecule has 1 atom stereocenters. The van der Waals surface area contributed by atoms with Gasteiger partial charge in [0.2, 0.25) is 5.91 Å². The van der Waals surface area contributed by atoms with E-state index in [9.17, 15) is 9.59 Å². The molecule has 6 heteroatoms. The van der Waals surface area contributed by atoms with Gasteiger partial charge in [-0.1, -0.05) is 17.7 Å². The Morgan fingerprint density at radius 1 is 1.21 bits per heavy atom. The first-order valence-corrected chi connectivity index (χ1v) is 6.11. The molecule has 0 saturated carbocycles. The second-order valence-corrected chi connectivity index (χ2v) is 4.33. The average molecular weight is 264 g/mol. The molecule has 0 aliphatic heterocycles. The molecule has 19 heavy (non-hydrogen) atoms. The zero-order valence-electron chi connectivity index (χ0n) is 11.0. The molecule has 0 spiro atoms. The van der Waals surface area contributed by atoms with Crippen LogP contribution in [-0.4, -0.2) is 37.5 Å². The van der Waals surface area contributed by atoms with E-state index in [1.807, 2.05) is 19.1 Å². The summed E-state index contributed by atoms with van der Waals surface area (Å²) >= 11 is 0. The van der Waals surface area contributed by atoms with Crippen molar-refractivity contribution in [3.63, 3.8) is 0 Å². The highest BCUT2D eigenvalue weighted by molar-refractivity contribution is 5.94. The maximum atomic E-state index is 11.7. The summed E-state index contributed by atoms with van der Waals surface area (Å²) in [5.74, 6) is -0.669. The molecule has 0 heterocycles. The van der Waals surface area contributed by atoms with E-state index in [4.69, 9.17) is 11.5 Å². The van der Waals surface area contributed by atoms with Crippen LogP contribution in [0.3, 0.4) is 0 Å². The van der Waals surface area contributed by atoms with E-state index in [1.54, 1.807) is 12.1 Å². The third-order valence-electron chi connectivity index (χ3n) is 2.63. The van der Waals surface area contributed by atoms with Gasteiger partial charge in [0, 0.05) is 25.2 Å². The summed E-state index contributed by atoms with van der Waals surface area (Å²) in [4.78, 5) is 22.4. The zero-order valence-corrected chi connectivity index (χ0v) is 11.0. The minimum Gasteiger partial charge on any atom is -0.368 e. The molecule has 0 radical (unpaired) electrons. The van der Waals surface area contributed by atoms with Gasteiger partial charge in [0.05, 0.1) is 6.04 Å². The lowest BCUT2D eigenvalue weighted by atomic mass is 10.1. The maximum Gasteiger partial charge on any atom is 0.251 e. The fourth-order valence-electron chi connectivity index (χ4n) is 1.43. The summed E-state index contributed by atoms with van der Waals surface area (Å²) in [7, 11) is 0. The van der Waals surface area contributed by atoms with E-state index in [1.165, 1.54) is 0 Å². The normalized spacial score (nSPS) is 11.9. The third-order valence-corrected chi connectivity index (χ3v) is 2.63. The SMILES string of the molecule is Cc1ccc(C(=O)NCCNCC(N)C(N)=O)cc1. The van der Waals surface area contributed by atoms with E-state index < -0.39 is 11.9 Å². The molecule has 104 valence electrons. The average Bonchev–Trinajstić information content (AvgIpc) is 2.38. The summed E-state index contributed by atoms with van der Waals surface area (Å²) in [6.45, 7) is 3.25. The molecule has 0 aliphatic rings. The van der Waals surface area contributed by atoms with Crippen molar-refractivity contribution in [2.24, 2.45) is 11.5 Å². The van der Waals surface area contributed by atoms with E-state index in [-0.39, 0.29) is 5.91 Å². The van der Waals surface area contributed by atoms with Gasteiger partial charge in [-0.15, -0.1) is 0 Å². The number of benzene rings is 1. The molecule has 6 nitrogen and oxygen atoms in total. The van der Waals surface area contributed by atoms with Crippen LogP contribution in [0.4, 0.5) is 0 Å². The van der Waals surface area contributed by atoms with Crippen LogP contribution in [0.2, 0.25) is 0 Å². The van der Waals surface area contributed by atoms with Crippen LogP contribution >= 0.6 is 0 Å². The maximum absolute atomic E-state index is 11.7. The predicted octanol–water partition coefficient (Wildman–Crippen LogP) is -0.873. The highest BCUT2D eigenvalue weighted by atomic mass is 16.2. The molecule has 2 amide bonds. The molecule has 6 N–H and O–H groups in total. The van der Waals surface area contributed by atoms with Crippen molar-refractivity contribution in [1.29, 1.82) is 0 Å². The summed E-state index contributed by atoms with van der Waals surface area (Å²) in [5.41, 5.74) is 12.2. The highest BCUT2D eigenvalue weighted by Crippen LogP contribution is 2.02. The summed E-state index contributed by atoms with van der Waals surface area (Å²) in [5, 5.41) is 5.70. The molecular weight excluding hydrogens is 244 g/mol. The van der Waals surface area contributed by atoms with Crippen molar-refractivity contribution in [2.45, 2.75) is 13.0 Å².